The van der Waals surface area contributed by atoms with Crippen molar-refractivity contribution in [2.45, 2.75) is 52.0 Å². The van der Waals surface area contributed by atoms with Gasteiger partial charge in [0.25, 0.3) is 0 Å². The van der Waals surface area contributed by atoms with E-state index in [1.54, 1.807) is 6.07 Å². The third-order valence-corrected chi connectivity index (χ3v) is 7.20. The van der Waals surface area contributed by atoms with Crippen LogP contribution in [0, 0.1) is 23.6 Å². The molecular formula is C24H29BFNO5. The Kier molecular flexibility index (Phi) is 6.27. The smallest absolute Gasteiger partial charge is 0.455 e. The van der Waals surface area contributed by atoms with Crippen LogP contribution in [-0.4, -0.2) is 47.1 Å². The number of halogens is 1. The van der Waals surface area contributed by atoms with Crippen molar-refractivity contribution < 1.29 is 28.8 Å². The number of amides is 2. The highest BCUT2D eigenvalue weighted by Gasteiger charge is 2.55. The summed E-state index contributed by atoms with van der Waals surface area (Å²) >= 11 is 0. The highest BCUT2D eigenvalue weighted by Crippen LogP contribution is 2.50. The summed E-state index contributed by atoms with van der Waals surface area (Å²) in [5.41, 5.74) is 3.90. The van der Waals surface area contributed by atoms with Gasteiger partial charge in [0.05, 0.1) is 17.9 Å². The summed E-state index contributed by atoms with van der Waals surface area (Å²) in [5.74, 6) is -2.28. The van der Waals surface area contributed by atoms with E-state index in [1.165, 1.54) is 24.1 Å². The van der Waals surface area contributed by atoms with E-state index < -0.39 is 18.9 Å². The minimum atomic E-state index is -0.977. The minimum absolute atomic E-state index is 0.131. The second-order valence-corrected chi connectivity index (χ2v) is 9.13. The zero-order valence-corrected chi connectivity index (χ0v) is 18.7. The van der Waals surface area contributed by atoms with Crippen molar-refractivity contribution in [3.05, 3.63) is 46.3 Å². The largest absolute Gasteiger partial charge is 0.505 e. The molecule has 2 heterocycles. The van der Waals surface area contributed by atoms with Crippen molar-refractivity contribution in [1.82, 2.24) is 4.90 Å². The number of rotatable bonds is 5. The fraction of sp³-hybridized carbons (Fsp3) is 0.500. The summed E-state index contributed by atoms with van der Waals surface area (Å²) in [7, 11) is 0.560. The molecule has 8 heteroatoms. The van der Waals surface area contributed by atoms with Gasteiger partial charge in [-0.05, 0) is 68.1 Å². The van der Waals surface area contributed by atoms with E-state index >= 15 is 0 Å². The molecule has 2 saturated heterocycles. The van der Waals surface area contributed by atoms with Gasteiger partial charge in [0, 0.05) is 7.05 Å². The van der Waals surface area contributed by atoms with Crippen molar-refractivity contribution in [3.8, 4) is 5.75 Å². The van der Waals surface area contributed by atoms with Gasteiger partial charge in [-0.3, -0.25) is 14.5 Å². The van der Waals surface area contributed by atoms with Crippen LogP contribution in [0.2, 0.25) is 6.32 Å². The number of hydrogen-bond donors (Lipinski definition) is 2. The van der Waals surface area contributed by atoms with E-state index in [9.17, 15) is 24.1 Å². The van der Waals surface area contributed by atoms with Crippen LogP contribution in [0.3, 0.4) is 0 Å². The number of carbonyl (C=O) groups is 2. The first-order valence-electron chi connectivity index (χ1n) is 11.2. The van der Waals surface area contributed by atoms with Gasteiger partial charge in [-0.2, -0.15) is 0 Å². The van der Waals surface area contributed by atoms with Crippen LogP contribution in [0.15, 0.2) is 34.9 Å². The van der Waals surface area contributed by atoms with E-state index in [0.29, 0.717) is 31.1 Å². The Morgan fingerprint density at radius 1 is 1.31 bits per heavy atom. The summed E-state index contributed by atoms with van der Waals surface area (Å²) in [5, 5.41) is 19.8. The first kappa shape index (κ1) is 22.7. The van der Waals surface area contributed by atoms with E-state index in [4.69, 9.17) is 4.65 Å². The summed E-state index contributed by atoms with van der Waals surface area (Å²) in [6, 6.07) is 4.30. The predicted octanol–water partition coefficient (Wildman–Crippen LogP) is 3.55. The number of fused-ring (bicyclic) bond motifs is 3. The third-order valence-electron chi connectivity index (χ3n) is 7.20. The van der Waals surface area contributed by atoms with E-state index in [1.807, 2.05) is 19.9 Å². The number of allylic oxidation sites excluding steroid dienone is 2. The maximum Gasteiger partial charge on any atom is 0.455 e. The topological polar surface area (TPSA) is 87.1 Å². The molecule has 4 rings (SSSR count). The fourth-order valence-corrected chi connectivity index (χ4v) is 5.59. The normalized spacial score (nSPS) is 28.3. The van der Waals surface area contributed by atoms with E-state index in [0.717, 1.165) is 23.1 Å². The molecule has 2 amide bonds. The highest BCUT2D eigenvalue weighted by molar-refractivity contribution is 6.43. The molecule has 0 aromatic heterocycles. The van der Waals surface area contributed by atoms with Crippen LogP contribution < -0.4 is 0 Å². The van der Waals surface area contributed by atoms with Crippen LogP contribution in [0.4, 0.5) is 4.39 Å². The van der Waals surface area contributed by atoms with Crippen molar-refractivity contribution in [1.29, 1.82) is 0 Å². The summed E-state index contributed by atoms with van der Waals surface area (Å²) < 4.78 is 19.6. The Morgan fingerprint density at radius 2 is 2.06 bits per heavy atom. The SMILES string of the molecule is CC/C(=C\c1ccc(O)c(F)c1)CC[C@H]1OB(O)C[C@H]2C1=C(C)C[C@H]1C(=O)N(C)C(=O)[C@H]12. The number of aromatic hydroxyl groups is 1. The van der Waals surface area contributed by atoms with Gasteiger partial charge in [0.2, 0.25) is 11.8 Å². The molecule has 0 unspecified atom stereocenters. The number of imide groups is 1. The van der Waals surface area contributed by atoms with Crippen LogP contribution in [0.1, 0.15) is 45.1 Å². The molecule has 4 atom stereocenters. The van der Waals surface area contributed by atoms with Crippen LogP contribution in [0.25, 0.3) is 6.08 Å². The lowest BCUT2D eigenvalue weighted by molar-refractivity contribution is -0.138. The van der Waals surface area contributed by atoms with Gasteiger partial charge in [-0.25, -0.2) is 4.39 Å². The van der Waals surface area contributed by atoms with Gasteiger partial charge in [0.1, 0.15) is 0 Å². The van der Waals surface area contributed by atoms with E-state index in [-0.39, 0.29) is 35.5 Å². The number of carbonyl (C=O) groups excluding carboxylic acids is 2. The van der Waals surface area contributed by atoms with E-state index in [2.05, 4.69) is 0 Å². The first-order valence-corrected chi connectivity index (χ1v) is 11.2. The van der Waals surface area contributed by atoms with Crippen molar-refractivity contribution in [2.24, 2.45) is 17.8 Å². The molecule has 1 aromatic rings. The molecule has 32 heavy (non-hydrogen) atoms. The molecule has 2 N–H and O–H groups in total. The van der Waals surface area contributed by atoms with Crippen LogP contribution in [0.5, 0.6) is 5.75 Å². The maximum absolute atomic E-state index is 13.7. The number of nitrogens with zero attached hydrogens (tertiary/aromatic N) is 1. The summed E-state index contributed by atoms with van der Waals surface area (Å²) in [6.07, 6.45) is 4.51. The second kappa shape index (κ2) is 8.83. The number of likely N-dealkylation sites (tertiary alicyclic amines) is 1. The first-order chi connectivity index (χ1) is 15.2. The molecule has 0 radical (unpaired) electrons. The molecule has 0 spiro atoms. The third kappa shape index (κ3) is 4.02. The lowest BCUT2D eigenvalue weighted by atomic mass is 9.59. The highest BCUT2D eigenvalue weighted by atomic mass is 19.1. The Bertz CT molecular complexity index is 1010. The molecule has 2 fully saturated rings. The Labute approximate surface area is 187 Å². The Balaban J connectivity index is 1.56. The zero-order chi connectivity index (χ0) is 23.2. The minimum Gasteiger partial charge on any atom is -0.505 e. The average Bonchev–Trinajstić information content (AvgIpc) is 2.97. The Morgan fingerprint density at radius 3 is 2.75 bits per heavy atom. The molecule has 170 valence electrons. The van der Waals surface area contributed by atoms with Crippen molar-refractivity contribution >= 4 is 25.0 Å². The molecule has 6 nitrogen and oxygen atoms in total. The molecule has 1 aromatic carbocycles. The number of hydrogen-bond acceptors (Lipinski definition) is 5. The molecular weight excluding hydrogens is 412 g/mol. The fourth-order valence-electron chi connectivity index (χ4n) is 5.59. The molecule has 1 aliphatic carbocycles. The summed E-state index contributed by atoms with van der Waals surface area (Å²) in [6.45, 7) is 4.02. The monoisotopic (exact) mass is 441 g/mol. The molecule has 0 saturated carbocycles. The Hall–Kier alpha value is -2.45. The van der Waals surface area contributed by atoms with Crippen molar-refractivity contribution in [3.63, 3.8) is 0 Å². The van der Waals surface area contributed by atoms with Crippen LogP contribution >= 0.6 is 0 Å². The van der Waals surface area contributed by atoms with Gasteiger partial charge in [-0.1, -0.05) is 30.2 Å². The van der Waals surface area contributed by atoms with Crippen molar-refractivity contribution in [2.75, 3.05) is 7.05 Å². The standard InChI is InChI=1S/C24H29BFNO5/c1-4-14(10-15-5-7-19(28)18(26)11-15)6-8-20-21-13(2)9-16-22(17(21)12-25(31)32-20)24(30)27(3)23(16)29/h5,7,10-11,16-17,20,22,28,31H,4,6,8-9,12H2,1-3H3/b14-10+/t16-,17+,20-,22-/m1/s1. The van der Waals surface area contributed by atoms with Gasteiger partial charge < -0.3 is 14.8 Å². The second-order valence-electron chi connectivity index (χ2n) is 9.13. The molecule has 2 aliphatic heterocycles. The van der Waals surface area contributed by atoms with Gasteiger partial charge in [-0.15, -0.1) is 0 Å². The summed E-state index contributed by atoms with van der Waals surface area (Å²) in [4.78, 5) is 26.6. The van der Waals surface area contributed by atoms with Gasteiger partial charge >= 0.3 is 7.12 Å². The van der Waals surface area contributed by atoms with Crippen LogP contribution in [-0.2, 0) is 14.2 Å². The quantitative estimate of drug-likeness (QED) is 0.415. The lowest BCUT2D eigenvalue weighted by Crippen LogP contribution is -2.45. The van der Waals surface area contributed by atoms with Gasteiger partial charge in [0.15, 0.2) is 11.6 Å². The molecule has 3 aliphatic rings. The lowest BCUT2D eigenvalue weighted by Gasteiger charge is -2.42. The predicted molar refractivity (Wildman–Crippen MR) is 119 cm³/mol. The average molecular weight is 441 g/mol. The maximum atomic E-state index is 13.7. The number of benzene rings is 1. The zero-order valence-electron chi connectivity index (χ0n) is 18.7. The number of phenolic OH excluding ortho intramolecular Hbond substituents is 1. The number of phenols is 1. The molecule has 0 bridgehead atoms.